The summed E-state index contributed by atoms with van der Waals surface area (Å²) in [7, 11) is 0. The van der Waals surface area contributed by atoms with E-state index < -0.39 is 0 Å². The number of alkyl halides is 1. The first-order valence-corrected chi connectivity index (χ1v) is 8.12. The van der Waals surface area contributed by atoms with Gasteiger partial charge in [-0.25, -0.2) is 9.50 Å². The fourth-order valence-corrected chi connectivity index (χ4v) is 2.99. The van der Waals surface area contributed by atoms with E-state index in [-0.39, 0.29) is 5.41 Å². The van der Waals surface area contributed by atoms with Crippen LogP contribution in [0.1, 0.15) is 45.7 Å². The highest BCUT2D eigenvalue weighted by Crippen LogP contribution is 2.49. The number of hydrogen-bond acceptors (Lipinski definition) is 3. The summed E-state index contributed by atoms with van der Waals surface area (Å²) in [4.78, 5) is 4.49. The molecule has 2 aromatic heterocycles. The third kappa shape index (κ3) is 3.00. The van der Waals surface area contributed by atoms with Crippen LogP contribution in [0, 0.1) is 5.41 Å². The fourth-order valence-electron chi connectivity index (χ4n) is 2.59. The van der Waals surface area contributed by atoms with Gasteiger partial charge >= 0.3 is 0 Å². The van der Waals surface area contributed by atoms with E-state index >= 15 is 0 Å². The molecule has 4 nitrogen and oxygen atoms in total. The van der Waals surface area contributed by atoms with Crippen LogP contribution in [0.4, 0.5) is 5.82 Å². The Kier molecular flexibility index (Phi) is 3.60. The van der Waals surface area contributed by atoms with Crippen molar-refractivity contribution in [2.24, 2.45) is 5.41 Å². The van der Waals surface area contributed by atoms with Crippen molar-refractivity contribution in [1.29, 1.82) is 0 Å². The van der Waals surface area contributed by atoms with Gasteiger partial charge in [-0.3, -0.25) is 0 Å². The van der Waals surface area contributed by atoms with Crippen LogP contribution in [0.2, 0.25) is 0 Å². The summed E-state index contributed by atoms with van der Waals surface area (Å²) in [6, 6.07) is 2.14. The highest BCUT2D eigenvalue weighted by atomic mass is 35.5. The molecule has 2 aromatic rings. The van der Waals surface area contributed by atoms with Crippen molar-refractivity contribution in [3.8, 4) is 0 Å². The van der Waals surface area contributed by atoms with Crippen LogP contribution in [0.15, 0.2) is 18.5 Å². The first kappa shape index (κ1) is 14.6. The normalized spacial score (nSPS) is 17.1. The first-order valence-electron chi connectivity index (χ1n) is 7.58. The van der Waals surface area contributed by atoms with Crippen molar-refractivity contribution in [2.45, 2.75) is 45.4 Å². The highest BCUT2D eigenvalue weighted by molar-refractivity contribution is 6.17. The van der Waals surface area contributed by atoms with Gasteiger partial charge in [0.15, 0.2) is 5.82 Å². The van der Waals surface area contributed by atoms with Gasteiger partial charge in [0.2, 0.25) is 0 Å². The van der Waals surface area contributed by atoms with Gasteiger partial charge in [-0.2, -0.15) is 5.10 Å². The van der Waals surface area contributed by atoms with Crippen molar-refractivity contribution < 1.29 is 0 Å². The van der Waals surface area contributed by atoms with Crippen molar-refractivity contribution >= 4 is 22.9 Å². The Bertz CT molecular complexity index is 637. The van der Waals surface area contributed by atoms with Crippen molar-refractivity contribution in [2.75, 3.05) is 17.7 Å². The van der Waals surface area contributed by atoms with Crippen LogP contribution in [0.5, 0.6) is 0 Å². The minimum absolute atomic E-state index is 0.0413. The fraction of sp³-hybridized carbons (Fsp3) is 0.625. The smallest absolute Gasteiger partial charge is 0.152 e. The Morgan fingerprint density at radius 3 is 2.76 bits per heavy atom. The molecule has 1 N–H and O–H groups in total. The van der Waals surface area contributed by atoms with E-state index in [4.69, 9.17) is 11.6 Å². The van der Waals surface area contributed by atoms with Crippen LogP contribution in [0.3, 0.4) is 0 Å². The van der Waals surface area contributed by atoms with Crippen molar-refractivity contribution in [1.82, 2.24) is 14.6 Å². The summed E-state index contributed by atoms with van der Waals surface area (Å²) in [6.45, 7) is 7.47. The Morgan fingerprint density at radius 2 is 2.14 bits per heavy atom. The summed E-state index contributed by atoms with van der Waals surface area (Å²) in [5.41, 5.74) is 2.56. The number of nitrogens with one attached hydrogen (secondary N) is 1. The van der Waals surface area contributed by atoms with Crippen LogP contribution in [-0.4, -0.2) is 27.0 Å². The number of fused-ring (bicyclic) bond motifs is 1. The summed E-state index contributed by atoms with van der Waals surface area (Å²) in [5.74, 6) is 1.65. The van der Waals surface area contributed by atoms with E-state index in [9.17, 15) is 0 Å². The van der Waals surface area contributed by atoms with Gasteiger partial charge in [-0.1, -0.05) is 20.8 Å². The third-order valence-electron chi connectivity index (χ3n) is 4.37. The van der Waals surface area contributed by atoms with Crippen LogP contribution in [-0.2, 0) is 5.41 Å². The molecule has 0 radical (unpaired) electrons. The molecule has 0 atom stereocenters. The van der Waals surface area contributed by atoms with E-state index in [1.165, 1.54) is 12.8 Å². The molecule has 1 aliphatic carbocycles. The Balaban J connectivity index is 1.84. The number of anilines is 1. The number of halogens is 1. The van der Waals surface area contributed by atoms with E-state index in [1.54, 1.807) is 6.20 Å². The van der Waals surface area contributed by atoms with Crippen LogP contribution >= 0.6 is 11.6 Å². The molecule has 0 bridgehead atoms. The Morgan fingerprint density at radius 1 is 1.38 bits per heavy atom. The Hall–Kier alpha value is -1.29. The molecule has 0 amide bonds. The molecule has 1 fully saturated rings. The molecule has 0 unspecified atom stereocenters. The molecule has 114 valence electrons. The molecule has 5 heteroatoms. The maximum atomic E-state index is 5.90. The van der Waals surface area contributed by atoms with Crippen LogP contribution in [0.25, 0.3) is 5.52 Å². The average molecular weight is 307 g/mol. The highest BCUT2D eigenvalue weighted by Gasteiger charge is 2.41. The molecule has 21 heavy (non-hydrogen) atoms. The monoisotopic (exact) mass is 306 g/mol. The largest absolute Gasteiger partial charge is 0.368 e. The molecule has 0 saturated heterocycles. The summed E-state index contributed by atoms with van der Waals surface area (Å²) < 4.78 is 1.91. The zero-order valence-electron chi connectivity index (χ0n) is 13.0. The van der Waals surface area contributed by atoms with Gasteiger partial charge in [0.25, 0.3) is 0 Å². The molecule has 1 aliphatic rings. The van der Waals surface area contributed by atoms with Gasteiger partial charge in [0.1, 0.15) is 5.52 Å². The molecule has 1 saturated carbocycles. The zero-order chi connectivity index (χ0) is 15.1. The van der Waals surface area contributed by atoms with Crippen LogP contribution < -0.4 is 5.32 Å². The molecular weight excluding hydrogens is 284 g/mol. The van der Waals surface area contributed by atoms with Gasteiger partial charge in [0, 0.05) is 30.2 Å². The second-order valence-electron chi connectivity index (χ2n) is 7.18. The lowest BCUT2D eigenvalue weighted by molar-refractivity contribution is 0.524. The van der Waals surface area contributed by atoms with Crippen molar-refractivity contribution in [3.05, 3.63) is 24.2 Å². The predicted molar refractivity (Wildman–Crippen MR) is 87.2 cm³/mol. The lowest BCUT2D eigenvalue weighted by atomic mass is 9.92. The lowest BCUT2D eigenvalue weighted by Gasteiger charge is -2.15. The van der Waals surface area contributed by atoms with Gasteiger partial charge < -0.3 is 5.32 Å². The first-order chi connectivity index (χ1) is 9.93. The standard InChI is InChI=1S/C16H23ClN4/c1-15(2,3)13-10-12-14(18-8-9-21(12)20-13)19-11-16(4-5-16)6-7-17/h8-10H,4-7,11H2,1-3H3,(H,18,19). The quantitative estimate of drug-likeness (QED) is 0.853. The SMILES string of the molecule is CC(C)(C)c1cc2c(NCC3(CCCl)CC3)nccn2n1. The average Bonchev–Trinajstić information content (AvgIpc) is 3.02. The van der Waals surface area contributed by atoms with Gasteiger partial charge in [-0.05, 0) is 30.7 Å². The maximum Gasteiger partial charge on any atom is 0.152 e. The van der Waals surface area contributed by atoms with E-state index in [0.29, 0.717) is 5.41 Å². The predicted octanol–water partition coefficient (Wildman–Crippen LogP) is 3.85. The lowest BCUT2D eigenvalue weighted by Crippen LogP contribution is -2.17. The summed E-state index contributed by atoms with van der Waals surface area (Å²) in [5, 5.41) is 8.17. The van der Waals surface area contributed by atoms with E-state index in [0.717, 1.165) is 35.9 Å². The zero-order valence-corrected chi connectivity index (χ0v) is 13.7. The summed E-state index contributed by atoms with van der Waals surface area (Å²) in [6.07, 6.45) is 7.32. The minimum atomic E-state index is 0.0413. The van der Waals surface area contributed by atoms with Crippen molar-refractivity contribution in [3.63, 3.8) is 0 Å². The topological polar surface area (TPSA) is 42.2 Å². The minimum Gasteiger partial charge on any atom is -0.368 e. The third-order valence-corrected chi connectivity index (χ3v) is 4.56. The second-order valence-corrected chi connectivity index (χ2v) is 7.56. The molecule has 0 aromatic carbocycles. The Labute approximate surface area is 130 Å². The molecule has 3 rings (SSSR count). The molecular formula is C16H23ClN4. The molecule has 2 heterocycles. The number of nitrogens with zero attached hydrogens (tertiary/aromatic N) is 3. The van der Waals surface area contributed by atoms with E-state index in [2.05, 4.69) is 42.2 Å². The summed E-state index contributed by atoms with van der Waals surface area (Å²) >= 11 is 5.90. The van der Waals surface area contributed by atoms with E-state index in [1.807, 2.05) is 10.7 Å². The molecule has 0 spiro atoms. The second kappa shape index (κ2) is 5.16. The van der Waals surface area contributed by atoms with Gasteiger partial charge in [-0.15, -0.1) is 11.6 Å². The number of hydrogen-bond donors (Lipinski definition) is 1. The number of aromatic nitrogens is 3. The van der Waals surface area contributed by atoms with Gasteiger partial charge in [0.05, 0.1) is 5.69 Å². The number of rotatable bonds is 5. The molecule has 0 aliphatic heterocycles. The maximum absolute atomic E-state index is 5.90.